The molecule has 32 heavy (non-hydrogen) atoms. The minimum Gasteiger partial charge on any atom is -0.330 e. The van der Waals surface area contributed by atoms with Gasteiger partial charge in [0.05, 0.1) is 13.1 Å². The zero-order valence-electron chi connectivity index (χ0n) is 18.1. The largest absolute Gasteiger partial charge is 0.330 e. The molecule has 2 amide bonds. The molecule has 4 rings (SSSR count). The van der Waals surface area contributed by atoms with Crippen molar-refractivity contribution in [1.82, 2.24) is 24.6 Å². The Morgan fingerprint density at radius 3 is 2.66 bits per heavy atom. The number of nitrogens with zero attached hydrogens (tertiary/aromatic N) is 5. The fourth-order valence-electron chi connectivity index (χ4n) is 4.34. The first-order valence-corrected chi connectivity index (χ1v) is 11.1. The van der Waals surface area contributed by atoms with E-state index in [0.717, 1.165) is 18.4 Å². The topological polar surface area (TPSA) is 83.4 Å². The van der Waals surface area contributed by atoms with E-state index in [-0.39, 0.29) is 37.3 Å². The zero-order chi connectivity index (χ0) is 22.7. The molecule has 3 heterocycles. The molecule has 172 valence electrons. The maximum absolute atomic E-state index is 13.5. The number of rotatable bonds is 6. The van der Waals surface area contributed by atoms with Crippen molar-refractivity contribution in [2.75, 3.05) is 31.5 Å². The summed E-state index contributed by atoms with van der Waals surface area (Å²) in [5.74, 6) is -2.56. The van der Waals surface area contributed by atoms with E-state index in [1.807, 2.05) is 37.3 Å². The zero-order valence-corrected chi connectivity index (χ0v) is 18.1. The van der Waals surface area contributed by atoms with Crippen LogP contribution >= 0.6 is 0 Å². The molecule has 0 bridgehead atoms. The summed E-state index contributed by atoms with van der Waals surface area (Å²) in [5, 5.41) is 7.15. The summed E-state index contributed by atoms with van der Waals surface area (Å²) in [7, 11) is 0. The number of amides is 2. The van der Waals surface area contributed by atoms with Crippen molar-refractivity contribution in [1.29, 1.82) is 0 Å². The fourth-order valence-corrected chi connectivity index (χ4v) is 4.34. The summed E-state index contributed by atoms with van der Waals surface area (Å²) >= 11 is 0. The standard InChI is InChI=1S/C22H28F2N6O2/c1-2-30-19(16-8-4-3-5-9-16)25-21(27-30)26-20(32)17-10-6-7-12-29(17)18(31)14-28-13-11-22(23,24)15-28/h3-5,8-9,17H,2,6-7,10-15H2,1H3,(H,26,27,32)/t17-/m0/s1. The van der Waals surface area contributed by atoms with Crippen molar-refractivity contribution in [2.24, 2.45) is 0 Å². The predicted molar refractivity (Wildman–Crippen MR) is 115 cm³/mol. The van der Waals surface area contributed by atoms with Crippen LogP contribution in [0.4, 0.5) is 14.7 Å². The smallest absolute Gasteiger partial charge is 0.261 e. The van der Waals surface area contributed by atoms with Gasteiger partial charge in [-0.25, -0.2) is 13.5 Å². The second kappa shape index (κ2) is 9.32. The van der Waals surface area contributed by atoms with Crippen LogP contribution in [0.1, 0.15) is 32.6 Å². The van der Waals surface area contributed by atoms with E-state index in [4.69, 9.17) is 0 Å². The van der Waals surface area contributed by atoms with Gasteiger partial charge in [-0.15, -0.1) is 5.10 Å². The number of anilines is 1. The molecule has 1 aromatic carbocycles. The molecule has 2 aromatic rings. The molecule has 1 N–H and O–H groups in total. The minimum absolute atomic E-state index is 0.0970. The van der Waals surface area contributed by atoms with Gasteiger partial charge < -0.3 is 4.90 Å². The number of benzene rings is 1. The third kappa shape index (κ3) is 4.95. The number of piperidine rings is 1. The average Bonchev–Trinajstić information content (AvgIpc) is 3.36. The number of hydrogen-bond donors (Lipinski definition) is 1. The Balaban J connectivity index is 1.44. The molecule has 8 nitrogen and oxygen atoms in total. The molecule has 0 radical (unpaired) electrons. The Morgan fingerprint density at radius 1 is 1.19 bits per heavy atom. The highest BCUT2D eigenvalue weighted by Gasteiger charge is 2.40. The number of halogens is 2. The molecule has 2 saturated heterocycles. The number of aromatic nitrogens is 3. The number of aryl methyl sites for hydroxylation is 1. The van der Waals surface area contributed by atoms with Gasteiger partial charge in [-0.05, 0) is 26.2 Å². The summed E-state index contributed by atoms with van der Waals surface area (Å²) in [5.41, 5.74) is 0.888. The third-order valence-corrected chi connectivity index (χ3v) is 5.97. The van der Waals surface area contributed by atoms with E-state index in [1.54, 1.807) is 4.68 Å². The van der Waals surface area contributed by atoms with E-state index >= 15 is 0 Å². The molecule has 2 aliphatic rings. The Labute approximate surface area is 185 Å². The van der Waals surface area contributed by atoms with Gasteiger partial charge in [-0.2, -0.15) is 4.98 Å². The molecule has 10 heteroatoms. The van der Waals surface area contributed by atoms with Crippen LogP contribution < -0.4 is 5.32 Å². The van der Waals surface area contributed by atoms with Crippen molar-refractivity contribution in [2.45, 2.75) is 51.1 Å². The second-order valence-corrected chi connectivity index (χ2v) is 8.35. The highest BCUT2D eigenvalue weighted by molar-refractivity contribution is 5.96. The van der Waals surface area contributed by atoms with Gasteiger partial charge in [-0.3, -0.25) is 19.8 Å². The Morgan fingerprint density at radius 2 is 1.97 bits per heavy atom. The van der Waals surface area contributed by atoms with Gasteiger partial charge >= 0.3 is 0 Å². The Hall–Kier alpha value is -2.88. The summed E-state index contributed by atoms with van der Waals surface area (Å²) in [6.45, 7) is 2.64. The predicted octanol–water partition coefficient (Wildman–Crippen LogP) is 2.63. The van der Waals surface area contributed by atoms with E-state index in [2.05, 4.69) is 15.4 Å². The van der Waals surface area contributed by atoms with Crippen molar-refractivity contribution < 1.29 is 18.4 Å². The maximum Gasteiger partial charge on any atom is 0.261 e. The lowest BCUT2D eigenvalue weighted by Gasteiger charge is -2.35. The van der Waals surface area contributed by atoms with Gasteiger partial charge in [0, 0.05) is 31.6 Å². The van der Waals surface area contributed by atoms with E-state index < -0.39 is 18.5 Å². The van der Waals surface area contributed by atoms with Crippen molar-refractivity contribution in [3.63, 3.8) is 0 Å². The highest BCUT2D eigenvalue weighted by atomic mass is 19.3. The van der Waals surface area contributed by atoms with E-state index in [1.165, 1.54) is 9.80 Å². The first-order valence-electron chi connectivity index (χ1n) is 11.1. The number of nitrogens with one attached hydrogen (secondary N) is 1. The van der Waals surface area contributed by atoms with Gasteiger partial charge in [0.25, 0.3) is 5.92 Å². The maximum atomic E-state index is 13.5. The molecule has 1 aromatic heterocycles. The molecular formula is C22H28F2N6O2. The van der Waals surface area contributed by atoms with Gasteiger partial charge in [-0.1, -0.05) is 30.3 Å². The van der Waals surface area contributed by atoms with Crippen LogP contribution in [-0.4, -0.2) is 74.5 Å². The van der Waals surface area contributed by atoms with Crippen molar-refractivity contribution >= 4 is 17.8 Å². The number of alkyl halides is 2. The summed E-state index contributed by atoms with van der Waals surface area (Å²) in [4.78, 5) is 33.3. The van der Waals surface area contributed by atoms with Crippen LogP contribution in [0, 0.1) is 0 Å². The summed E-state index contributed by atoms with van der Waals surface area (Å²) in [6, 6.07) is 8.91. The highest BCUT2D eigenvalue weighted by Crippen LogP contribution is 2.27. The number of hydrogen-bond acceptors (Lipinski definition) is 5. The Kier molecular flexibility index (Phi) is 6.50. The lowest BCUT2D eigenvalue weighted by Crippen LogP contribution is -2.52. The van der Waals surface area contributed by atoms with Crippen LogP contribution in [0.3, 0.4) is 0 Å². The molecule has 0 aliphatic carbocycles. The number of carbonyl (C=O) groups is 2. The first kappa shape index (κ1) is 22.3. The molecule has 0 unspecified atom stereocenters. The Bertz CT molecular complexity index is 965. The molecular weight excluding hydrogens is 418 g/mol. The van der Waals surface area contributed by atoms with Crippen LogP contribution in [-0.2, 0) is 16.1 Å². The van der Waals surface area contributed by atoms with E-state index in [9.17, 15) is 18.4 Å². The van der Waals surface area contributed by atoms with Crippen LogP contribution in [0.15, 0.2) is 30.3 Å². The number of likely N-dealkylation sites (tertiary alicyclic amines) is 2. The molecule has 2 aliphatic heterocycles. The SMILES string of the molecule is CCn1nc(NC(=O)[C@@H]2CCCCN2C(=O)CN2CCC(F)(F)C2)nc1-c1ccccc1. The van der Waals surface area contributed by atoms with Crippen molar-refractivity contribution in [3.8, 4) is 11.4 Å². The van der Waals surface area contributed by atoms with E-state index in [0.29, 0.717) is 25.3 Å². The van der Waals surface area contributed by atoms with Crippen molar-refractivity contribution in [3.05, 3.63) is 30.3 Å². The molecule has 0 spiro atoms. The molecule has 2 fully saturated rings. The summed E-state index contributed by atoms with van der Waals surface area (Å²) < 4.78 is 28.7. The van der Waals surface area contributed by atoms with Gasteiger partial charge in [0.15, 0.2) is 5.82 Å². The normalized spacial score (nSPS) is 21.0. The third-order valence-electron chi connectivity index (χ3n) is 5.97. The molecule has 1 atom stereocenters. The monoisotopic (exact) mass is 446 g/mol. The lowest BCUT2D eigenvalue weighted by atomic mass is 10.0. The van der Waals surface area contributed by atoms with Crippen LogP contribution in [0.2, 0.25) is 0 Å². The second-order valence-electron chi connectivity index (χ2n) is 8.35. The van der Waals surface area contributed by atoms with Gasteiger partial charge in [0.2, 0.25) is 17.8 Å². The lowest BCUT2D eigenvalue weighted by molar-refractivity contribution is -0.141. The van der Waals surface area contributed by atoms with Crippen LogP contribution in [0.5, 0.6) is 0 Å². The van der Waals surface area contributed by atoms with Gasteiger partial charge in [0.1, 0.15) is 6.04 Å². The average molecular weight is 447 g/mol. The summed E-state index contributed by atoms with van der Waals surface area (Å²) in [6.07, 6.45) is 1.88. The number of carbonyl (C=O) groups excluding carboxylic acids is 2. The quantitative estimate of drug-likeness (QED) is 0.738. The fraction of sp³-hybridized carbons (Fsp3) is 0.545. The first-order chi connectivity index (χ1) is 15.4. The van der Waals surface area contributed by atoms with Crippen LogP contribution in [0.25, 0.3) is 11.4 Å². The molecule has 0 saturated carbocycles. The minimum atomic E-state index is -2.75.